The van der Waals surface area contributed by atoms with E-state index in [0.29, 0.717) is 41.0 Å². The number of benzene rings is 3. The number of aromatic nitrogens is 1. The van der Waals surface area contributed by atoms with Crippen LogP contribution in [-0.2, 0) is 22.4 Å². The van der Waals surface area contributed by atoms with Crippen LogP contribution in [0, 0.1) is 5.82 Å². The first-order valence-corrected chi connectivity index (χ1v) is 11.6. The molecule has 0 saturated heterocycles. The average Bonchev–Trinajstić information content (AvgIpc) is 3.33. The fourth-order valence-electron chi connectivity index (χ4n) is 4.71. The number of carbonyl (C=O) groups excluding carboxylic acids is 2. The van der Waals surface area contributed by atoms with Crippen molar-refractivity contribution in [2.75, 3.05) is 19.1 Å². The molecule has 188 valence electrons. The number of hydrogen-bond donors (Lipinski definition) is 1. The summed E-state index contributed by atoms with van der Waals surface area (Å²) in [6.45, 7) is 0. The van der Waals surface area contributed by atoms with Crippen molar-refractivity contribution < 1.29 is 28.2 Å². The van der Waals surface area contributed by atoms with Crippen molar-refractivity contribution in [1.29, 1.82) is 0 Å². The largest absolute Gasteiger partial charge is 0.493 e. The van der Waals surface area contributed by atoms with Gasteiger partial charge in [-0.1, -0.05) is 24.3 Å². The fourth-order valence-corrected chi connectivity index (χ4v) is 4.71. The van der Waals surface area contributed by atoms with Crippen molar-refractivity contribution in [3.8, 4) is 23.0 Å². The average molecular weight is 502 g/mol. The van der Waals surface area contributed by atoms with E-state index in [1.165, 1.54) is 37.3 Å². The minimum Gasteiger partial charge on any atom is -0.493 e. The third kappa shape index (κ3) is 4.51. The molecule has 2 amide bonds. The molecule has 0 unspecified atom stereocenters. The monoisotopic (exact) mass is 501 g/mol. The highest BCUT2D eigenvalue weighted by Crippen LogP contribution is 2.38. The van der Waals surface area contributed by atoms with E-state index in [-0.39, 0.29) is 17.5 Å². The lowest BCUT2D eigenvalue weighted by Gasteiger charge is -2.28. The molecular formula is C28H24FN3O5. The highest BCUT2D eigenvalue weighted by molar-refractivity contribution is 6.40. The summed E-state index contributed by atoms with van der Waals surface area (Å²) in [6.07, 6.45) is 2.60. The van der Waals surface area contributed by atoms with Gasteiger partial charge in [0.2, 0.25) is 0 Å². The molecule has 1 aromatic heterocycles. The maximum Gasteiger partial charge on any atom is 0.316 e. The van der Waals surface area contributed by atoms with Crippen LogP contribution in [0.4, 0.5) is 10.1 Å². The number of amides is 2. The minimum atomic E-state index is -1.11. The smallest absolute Gasteiger partial charge is 0.316 e. The molecule has 2 N–H and O–H groups in total. The molecule has 0 saturated carbocycles. The molecule has 0 aliphatic heterocycles. The number of nitrogens with two attached hydrogens (primary N) is 1. The van der Waals surface area contributed by atoms with Crippen molar-refractivity contribution in [2.24, 2.45) is 5.73 Å². The molecule has 1 heterocycles. The quantitative estimate of drug-likeness (QED) is 0.398. The molecule has 4 aromatic rings. The highest BCUT2D eigenvalue weighted by atomic mass is 19.1. The van der Waals surface area contributed by atoms with Gasteiger partial charge in [-0.2, -0.15) is 0 Å². The van der Waals surface area contributed by atoms with Crippen LogP contribution in [0.1, 0.15) is 11.1 Å². The molecule has 8 nitrogen and oxygen atoms in total. The lowest BCUT2D eigenvalue weighted by atomic mass is 10.1. The fraction of sp³-hybridized carbons (Fsp3) is 0.179. The second-order valence-corrected chi connectivity index (χ2v) is 8.62. The molecule has 0 atom stereocenters. The normalized spacial score (nSPS) is 12.7. The summed E-state index contributed by atoms with van der Waals surface area (Å²) in [5.41, 5.74) is 8.29. The van der Waals surface area contributed by atoms with Gasteiger partial charge < -0.3 is 24.8 Å². The number of hydrogen-bond acceptors (Lipinski definition) is 6. The highest BCUT2D eigenvalue weighted by Gasteiger charge is 2.33. The molecule has 0 bridgehead atoms. The number of nitrogens with zero attached hydrogens (tertiary/aromatic N) is 2. The van der Waals surface area contributed by atoms with Gasteiger partial charge in [0.1, 0.15) is 5.75 Å². The molecule has 5 rings (SSSR count). The number of primary amides is 1. The van der Waals surface area contributed by atoms with Crippen molar-refractivity contribution in [1.82, 2.24) is 4.98 Å². The van der Waals surface area contributed by atoms with Gasteiger partial charge >= 0.3 is 11.8 Å². The van der Waals surface area contributed by atoms with E-state index in [1.807, 2.05) is 24.3 Å². The zero-order valence-corrected chi connectivity index (χ0v) is 20.2. The number of anilines is 1. The molecule has 0 radical (unpaired) electrons. The van der Waals surface area contributed by atoms with Crippen LogP contribution >= 0.6 is 0 Å². The van der Waals surface area contributed by atoms with E-state index >= 15 is 4.39 Å². The summed E-state index contributed by atoms with van der Waals surface area (Å²) in [5.74, 6) is -1.44. The number of methoxy groups -OCH3 is 2. The Labute approximate surface area is 212 Å². The predicted molar refractivity (Wildman–Crippen MR) is 136 cm³/mol. The Morgan fingerprint density at radius 1 is 0.919 bits per heavy atom. The third-order valence-electron chi connectivity index (χ3n) is 6.44. The van der Waals surface area contributed by atoms with Crippen LogP contribution in [0.25, 0.3) is 10.9 Å². The Bertz CT molecular complexity index is 1500. The van der Waals surface area contributed by atoms with Gasteiger partial charge in [-0.15, -0.1) is 0 Å². The lowest BCUT2D eigenvalue weighted by molar-refractivity contribution is -0.135. The first-order chi connectivity index (χ1) is 17.9. The summed E-state index contributed by atoms with van der Waals surface area (Å²) < 4.78 is 31.9. The molecular weight excluding hydrogens is 477 g/mol. The Hall–Kier alpha value is -4.66. The van der Waals surface area contributed by atoms with Crippen LogP contribution in [0.2, 0.25) is 0 Å². The van der Waals surface area contributed by atoms with E-state index < -0.39 is 17.6 Å². The Balaban J connectivity index is 1.47. The lowest BCUT2D eigenvalue weighted by Crippen LogP contribution is -2.47. The number of ether oxygens (including phenoxy) is 3. The maximum atomic E-state index is 15.3. The molecule has 1 aliphatic rings. The molecule has 1 aliphatic carbocycles. The zero-order chi connectivity index (χ0) is 26.1. The number of halogens is 1. The molecule has 9 heteroatoms. The van der Waals surface area contributed by atoms with E-state index in [4.69, 9.17) is 19.9 Å². The number of rotatable bonds is 6. The SMILES string of the molecule is COc1cc2nccc(Oc3ccc(N(C(=O)C(N)=O)C4Cc5ccccc5C4)cc3F)c2cc1OC. The van der Waals surface area contributed by atoms with Crippen LogP contribution in [0.5, 0.6) is 23.0 Å². The van der Waals surface area contributed by atoms with E-state index in [1.54, 1.807) is 24.4 Å². The minimum absolute atomic E-state index is 0.0628. The topological polar surface area (TPSA) is 104 Å². The van der Waals surface area contributed by atoms with E-state index in [0.717, 1.165) is 11.1 Å². The van der Waals surface area contributed by atoms with Gasteiger partial charge in [-0.05, 0) is 48.2 Å². The van der Waals surface area contributed by atoms with Crippen LogP contribution in [0.15, 0.2) is 66.9 Å². The maximum absolute atomic E-state index is 15.3. The van der Waals surface area contributed by atoms with Crippen molar-refractivity contribution >= 4 is 28.4 Å². The first-order valence-electron chi connectivity index (χ1n) is 11.6. The van der Waals surface area contributed by atoms with E-state index in [2.05, 4.69) is 4.98 Å². The molecule has 3 aromatic carbocycles. The molecule has 37 heavy (non-hydrogen) atoms. The number of pyridine rings is 1. The molecule has 0 spiro atoms. The van der Waals surface area contributed by atoms with Gasteiger partial charge in [0.05, 0.1) is 19.7 Å². The van der Waals surface area contributed by atoms with Gasteiger partial charge in [0.15, 0.2) is 23.1 Å². The number of carbonyl (C=O) groups is 2. The van der Waals surface area contributed by atoms with Crippen LogP contribution < -0.4 is 24.8 Å². The summed E-state index contributed by atoms with van der Waals surface area (Å²) in [4.78, 5) is 30.2. The van der Waals surface area contributed by atoms with Crippen molar-refractivity contribution in [3.63, 3.8) is 0 Å². The zero-order valence-electron chi connectivity index (χ0n) is 20.2. The second-order valence-electron chi connectivity index (χ2n) is 8.62. The van der Waals surface area contributed by atoms with Gasteiger partial charge in [0.25, 0.3) is 0 Å². The summed E-state index contributed by atoms with van der Waals surface area (Å²) in [7, 11) is 3.04. The van der Waals surface area contributed by atoms with Crippen LogP contribution in [-0.4, -0.2) is 37.1 Å². The summed E-state index contributed by atoms with van der Waals surface area (Å²) >= 11 is 0. The van der Waals surface area contributed by atoms with Crippen molar-refractivity contribution in [3.05, 3.63) is 83.8 Å². The third-order valence-corrected chi connectivity index (χ3v) is 6.44. The van der Waals surface area contributed by atoms with Crippen molar-refractivity contribution in [2.45, 2.75) is 18.9 Å². The van der Waals surface area contributed by atoms with Gasteiger partial charge in [-0.25, -0.2) is 4.39 Å². The summed E-state index contributed by atoms with van der Waals surface area (Å²) in [5, 5.41) is 0.595. The first kappa shape index (κ1) is 24.1. The Morgan fingerprint density at radius 2 is 1.59 bits per heavy atom. The Morgan fingerprint density at radius 3 is 2.22 bits per heavy atom. The van der Waals surface area contributed by atoms with E-state index in [9.17, 15) is 9.59 Å². The predicted octanol–water partition coefficient (Wildman–Crippen LogP) is 4.17. The van der Waals surface area contributed by atoms with Crippen LogP contribution in [0.3, 0.4) is 0 Å². The van der Waals surface area contributed by atoms with Gasteiger partial charge in [-0.3, -0.25) is 14.6 Å². The Kier molecular flexibility index (Phi) is 6.35. The molecule has 0 fully saturated rings. The second kappa shape index (κ2) is 9.77. The van der Waals surface area contributed by atoms with Gasteiger partial charge in [0, 0.05) is 35.4 Å². The number of fused-ring (bicyclic) bond motifs is 2. The summed E-state index contributed by atoms with van der Waals surface area (Å²) in [6, 6.07) is 16.6. The standard InChI is InChI=1S/C28H24FN3O5/c1-35-25-14-20-22(15-26(25)36-2)31-10-9-23(20)37-24-8-7-18(13-21(24)29)32(28(34)27(30)33)19-11-16-5-3-4-6-17(16)12-19/h3-10,13-15,19H,11-12H2,1-2H3,(H2,30,33).